The molecule has 0 rings (SSSR count). The fourth-order valence-electron chi connectivity index (χ4n) is 10.2. The Bertz CT molecular complexity index is 2110. The number of hydrogen-bond donors (Lipinski definition) is 3. The van der Waals surface area contributed by atoms with Crippen LogP contribution in [-0.4, -0.2) is 96.7 Å². The molecule has 0 saturated heterocycles. The smallest absolute Gasteiger partial charge is 0.462 e. The summed E-state index contributed by atoms with van der Waals surface area (Å²) in [5.41, 5.74) is 0. The van der Waals surface area contributed by atoms with Crippen LogP contribution in [0.25, 0.3) is 0 Å². The largest absolute Gasteiger partial charge is 0.472 e. The normalized spacial score (nSPS) is 14.4. The summed E-state index contributed by atoms with van der Waals surface area (Å²) in [6.07, 6.45) is 68.9. The van der Waals surface area contributed by atoms with Crippen molar-refractivity contribution < 1.29 is 80.2 Å². The maximum Gasteiger partial charge on any atom is 0.472 e. The quantitative estimate of drug-likeness (QED) is 0.0169. The van der Waals surface area contributed by atoms with Gasteiger partial charge in [-0.25, -0.2) is 9.13 Å². The average molecular weight is 1400 g/mol. The standard InChI is InChI=1S/C77H138O17P2/c1-5-9-13-17-21-25-29-32-35-38-42-45-49-53-57-61-74(79)87-67-72(93-76(81)63-59-55-51-47-41-28-24-20-16-12-8-4)69-91-95(83,84)89-65-71(78)66-90-96(85,86)92-70-73(94-77(82)64-60-56-52-48-44-40-37-34-31-27-23-19-15-11-7-3)68-88-75(80)62-58-54-50-46-43-39-36-33-30-26-22-18-14-10-6-2/h20-22,24-26,32-37,71-73,78H,5-19,23,27-31,38-70H2,1-4H3,(H,83,84)(H,85,86)/b24-20-,25-21-,26-22-,35-32-,36-33-,37-34-. The van der Waals surface area contributed by atoms with Crippen LogP contribution >= 0.6 is 15.6 Å². The Morgan fingerprint density at radius 3 is 0.833 bits per heavy atom. The van der Waals surface area contributed by atoms with Gasteiger partial charge in [0.1, 0.15) is 19.3 Å². The highest BCUT2D eigenvalue weighted by Crippen LogP contribution is 2.45. The van der Waals surface area contributed by atoms with Crippen LogP contribution in [0.5, 0.6) is 0 Å². The Morgan fingerprint density at radius 1 is 0.292 bits per heavy atom. The minimum Gasteiger partial charge on any atom is -0.462 e. The van der Waals surface area contributed by atoms with Crippen LogP contribution < -0.4 is 0 Å². The molecule has 0 radical (unpaired) electrons. The van der Waals surface area contributed by atoms with Crippen molar-refractivity contribution in [2.45, 2.75) is 354 Å². The van der Waals surface area contributed by atoms with Crippen LogP contribution in [0.2, 0.25) is 0 Å². The van der Waals surface area contributed by atoms with E-state index in [0.717, 1.165) is 167 Å². The predicted octanol–water partition coefficient (Wildman–Crippen LogP) is 21.7. The molecule has 0 heterocycles. The van der Waals surface area contributed by atoms with Gasteiger partial charge in [0.25, 0.3) is 0 Å². The van der Waals surface area contributed by atoms with E-state index in [0.29, 0.717) is 25.7 Å². The SMILES string of the molecule is CCCC/C=C\CCCCCCCC(=O)OC(COC(=O)CCCCCCC/C=C\C/C=C\CCCCC)COP(=O)(O)OCC(O)COP(=O)(O)OCC(COC(=O)CCCCCCC/C=C\C/C=C\CCCCC)OC(=O)CCCCCCC/C=C\CCCCCCCC. The number of phosphoric acid groups is 2. The summed E-state index contributed by atoms with van der Waals surface area (Å²) < 4.78 is 68.4. The van der Waals surface area contributed by atoms with Crippen LogP contribution in [0.15, 0.2) is 72.9 Å². The second-order valence-electron chi connectivity index (χ2n) is 25.6. The van der Waals surface area contributed by atoms with Crippen LogP contribution in [0.4, 0.5) is 0 Å². The van der Waals surface area contributed by atoms with Crippen LogP contribution in [0, 0.1) is 0 Å². The number of hydrogen-bond acceptors (Lipinski definition) is 15. The number of unbranched alkanes of at least 4 members (excludes halogenated alkanes) is 34. The molecule has 0 saturated carbocycles. The van der Waals surface area contributed by atoms with E-state index < -0.39 is 97.5 Å². The maximum atomic E-state index is 13.1. The molecule has 558 valence electrons. The second-order valence-corrected chi connectivity index (χ2v) is 28.5. The third kappa shape index (κ3) is 69.0. The topological polar surface area (TPSA) is 237 Å². The Kier molecular flexibility index (Phi) is 67.4. The molecule has 0 aliphatic heterocycles. The van der Waals surface area contributed by atoms with E-state index in [2.05, 4.69) is 101 Å². The van der Waals surface area contributed by atoms with Crippen molar-refractivity contribution in [2.24, 2.45) is 0 Å². The van der Waals surface area contributed by atoms with E-state index in [9.17, 15) is 43.2 Å². The fourth-order valence-corrected chi connectivity index (χ4v) is 11.8. The molecule has 3 N–H and O–H groups in total. The highest BCUT2D eigenvalue weighted by atomic mass is 31.2. The minimum atomic E-state index is -4.97. The van der Waals surface area contributed by atoms with Gasteiger partial charge in [0.15, 0.2) is 12.2 Å². The van der Waals surface area contributed by atoms with Crippen molar-refractivity contribution in [3.8, 4) is 0 Å². The number of aliphatic hydroxyl groups is 1. The van der Waals surface area contributed by atoms with E-state index in [1.54, 1.807) is 0 Å². The lowest BCUT2D eigenvalue weighted by Crippen LogP contribution is -2.30. The van der Waals surface area contributed by atoms with Gasteiger partial charge in [0.2, 0.25) is 0 Å². The summed E-state index contributed by atoms with van der Waals surface area (Å²) in [5, 5.41) is 10.6. The van der Waals surface area contributed by atoms with Crippen LogP contribution in [0.3, 0.4) is 0 Å². The first-order valence-electron chi connectivity index (χ1n) is 38.2. The minimum absolute atomic E-state index is 0.0832. The molecule has 0 amide bonds. The Morgan fingerprint density at radius 2 is 0.521 bits per heavy atom. The van der Waals surface area contributed by atoms with Crippen molar-refractivity contribution in [3.63, 3.8) is 0 Å². The van der Waals surface area contributed by atoms with Crippen LogP contribution in [-0.2, 0) is 65.4 Å². The van der Waals surface area contributed by atoms with Gasteiger partial charge in [-0.15, -0.1) is 0 Å². The zero-order chi connectivity index (χ0) is 70.4. The Balaban J connectivity index is 5.34. The maximum absolute atomic E-state index is 13.1. The van der Waals surface area contributed by atoms with E-state index in [4.69, 9.17) is 37.0 Å². The Hall–Kier alpha value is -3.50. The molecular formula is C77H138O17P2. The summed E-state index contributed by atoms with van der Waals surface area (Å²) in [4.78, 5) is 72.8. The first-order chi connectivity index (χ1) is 46.7. The zero-order valence-electron chi connectivity index (χ0n) is 60.8. The zero-order valence-corrected chi connectivity index (χ0v) is 62.6. The summed E-state index contributed by atoms with van der Waals surface area (Å²) in [6.45, 7) is 4.76. The lowest BCUT2D eigenvalue weighted by atomic mass is 10.1. The molecule has 0 aromatic rings. The van der Waals surface area contributed by atoms with Gasteiger partial charge in [0.05, 0.1) is 26.4 Å². The lowest BCUT2D eigenvalue weighted by molar-refractivity contribution is -0.161. The van der Waals surface area contributed by atoms with Crippen molar-refractivity contribution in [3.05, 3.63) is 72.9 Å². The third-order valence-corrected chi connectivity index (χ3v) is 18.0. The molecule has 0 aromatic heterocycles. The van der Waals surface area contributed by atoms with Gasteiger partial charge in [-0.05, 0) is 135 Å². The number of aliphatic hydroxyl groups excluding tert-OH is 1. The Labute approximate surface area is 583 Å². The van der Waals surface area contributed by atoms with Gasteiger partial charge in [-0.2, -0.15) is 0 Å². The molecule has 19 heteroatoms. The molecule has 0 spiro atoms. The van der Waals surface area contributed by atoms with E-state index >= 15 is 0 Å². The number of esters is 4. The number of ether oxygens (including phenoxy) is 4. The van der Waals surface area contributed by atoms with E-state index in [1.165, 1.54) is 89.9 Å². The summed E-state index contributed by atoms with van der Waals surface area (Å²) in [5.74, 6) is -2.21. The molecule has 0 aliphatic rings. The molecule has 17 nitrogen and oxygen atoms in total. The van der Waals surface area contributed by atoms with Gasteiger partial charge < -0.3 is 33.8 Å². The molecule has 0 fully saturated rings. The number of allylic oxidation sites excluding steroid dienone is 12. The molecule has 0 aliphatic carbocycles. The summed E-state index contributed by atoms with van der Waals surface area (Å²) in [7, 11) is -9.95. The van der Waals surface area contributed by atoms with Crippen LogP contribution in [0.1, 0.15) is 336 Å². The van der Waals surface area contributed by atoms with Gasteiger partial charge in [0, 0.05) is 25.7 Å². The molecule has 5 atom stereocenters. The summed E-state index contributed by atoms with van der Waals surface area (Å²) >= 11 is 0. The lowest BCUT2D eigenvalue weighted by Gasteiger charge is -2.21. The predicted molar refractivity (Wildman–Crippen MR) is 390 cm³/mol. The number of rotatable bonds is 72. The first kappa shape index (κ1) is 92.5. The highest BCUT2D eigenvalue weighted by molar-refractivity contribution is 7.47. The van der Waals surface area contributed by atoms with Crippen molar-refractivity contribution in [1.82, 2.24) is 0 Å². The number of phosphoric ester groups is 2. The van der Waals surface area contributed by atoms with Gasteiger partial charge >= 0.3 is 39.5 Å². The monoisotopic (exact) mass is 1400 g/mol. The van der Waals surface area contributed by atoms with E-state index in [-0.39, 0.29) is 25.7 Å². The highest BCUT2D eigenvalue weighted by Gasteiger charge is 2.30. The molecule has 0 aromatic carbocycles. The third-order valence-electron chi connectivity index (χ3n) is 16.1. The van der Waals surface area contributed by atoms with Crippen molar-refractivity contribution in [1.29, 1.82) is 0 Å². The van der Waals surface area contributed by atoms with Crippen molar-refractivity contribution >= 4 is 39.5 Å². The number of carbonyl (C=O) groups is 4. The first-order valence-corrected chi connectivity index (χ1v) is 41.2. The van der Waals surface area contributed by atoms with E-state index in [1.807, 2.05) is 0 Å². The average Bonchev–Trinajstić information content (AvgIpc) is 1.98. The van der Waals surface area contributed by atoms with Crippen molar-refractivity contribution in [2.75, 3.05) is 39.6 Å². The molecule has 96 heavy (non-hydrogen) atoms. The van der Waals surface area contributed by atoms with Gasteiger partial charge in [-0.3, -0.25) is 37.3 Å². The molecular weight excluding hydrogens is 1260 g/mol. The molecule has 5 unspecified atom stereocenters. The summed E-state index contributed by atoms with van der Waals surface area (Å²) in [6, 6.07) is 0. The second kappa shape index (κ2) is 70.0. The number of carbonyl (C=O) groups excluding carboxylic acids is 4. The fraction of sp³-hybridized carbons (Fsp3) is 0.792. The molecule has 0 bridgehead atoms. The van der Waals surface area contributed by atoms with Gasteiger partial charge in [-0.1, -0.05) is 248 Å².